The fraction of sp³-hybridized carbons (Fsp3) is 0.467. The molecule has 0 unspecified atom stereocenters. The van der Waals surface area contributed by atoms with Crippen LogP contribution < -0.4 is 10.5 Å². The zero-order chi connectivity index (χ0) is 12.7. The van der Waals surface area contributed by atoms with Crippen molar-refractivity contribution in [3.63, 3.8) is 0 Å². The third-order valence-electron chi connectivity index (χ3n) is 2.80. The number of allylic oxidation sites excluding steroid dienone is 1. The van der Waals surface area contributed by atoms with Crippen LogP contribution in [-0.4, -0.2) is 13.7 Å². The second kappa shape index (κ2) is 7.13. The fourth-order valence-corrected chi connectivity index (χ4v) is 1.67. The largest absolute Gasteiger partial charge is 0.496 e. The van der Waals surface area contributed by atoms with Gasteiger partial charge in [-0.05, 0) is 36.9 Å². The van der Waals surface area contributed by atoms with Crippen molar-refractivity contribution in [1.29, 1.82) is 0 Å². The topological polar surface area (TPSA) is 35.2 Å². The molecule has 0 aromatic heterocycles. The van der Waals surface area contributed by atoms with Crippen molar-refractivity contribution in [1.82, 2.24) is 0 Å². The number of hydrogen-bond acceptors (Lipinski definition) is 2. The average Bonchev–Trinajstić information content (AvgIpc) is 2.34. The zero-order valence-electron chi connectivity index (χ0n) is 11.1. The molecule has 1 rings (SSSR count). The van der Waals surface area contributed by atoms with E-state index in [2.05, 4.69) is 44.2 Å². The Bertz CT molecular complexity index is 369. The monoisotopic (exact) mass is 233 g/mol. The van der Waals surface area contributed by atoms with Crippen molar-refractivity contribution in [3.05, 3.63) is 35.4 Å². The Hall–Kier alpha value is -1.28. The van der Waals surface area contributed by atoms with Crippen LogP contribution in [0.1, 0.15) is 43.7 Å². The molecule has 0 atom stereocenters. The molecule has 0 aliphatic heterocycles. The van der Waals surface area contributed by atoms with Crippen molar-refractivity contribution in [2.75, 3.05) is 13.7 Å². The Balaban J connectivity index is 2.81. The smallest absolute Gasteiger partial charge is 0.126 e. The first-order valence-corrected chi connectivity index (χ1v) is 6.23. The van der Waals surface area contributed by atoms with E-state index in [4.69, 9.17) is 10.5 Å². The lowest BCUT2D eigenvalue weighted by Gasteiger charge is -2.10. The van der Waals surface area contributed by atoms with E-state index in [1.807, 2.05) is 0 Å². The number of hydrogen-bond donors (Lipinski definition) is 1. The molecule has 0 saturated heterocycles. The summed E-state index contributed by atoms with van der Waals surface area (Å²) >= 11 is 0. The maximum Gasteiger partial charge on any atom is 0.126 e. The van der Waals surface area contributed by atoms with Gasteiger partial charge in [0.1, 0.15) is 5.75 Å². The summed E-state index contributed by atoms with van der Waals surface area (Å²) in [6.07, 6.45) is 6.31. The number of benzene rings is 1. The highest BCUT2D eigenvalue weighted by atomic mass is 16.5. The number of ether oxygens (including phenoxy) is 1. The zero-order valence-corrected chi connectivity index (χ0v) is 11.1. The van der Waals surface area contributed by atoms with Crippen LogP contribution in [0.3, 0.4) is 0 Å². The van der Waals surface area contributed by atoms with Gasteiger partial charge in [-0.25, -0.2) is 0 Å². The molecule has 0 radical (unpaired) electrons. The molecule has 0 spiro atoms. The molecule has 1 aromatic rings. The van der Waals surface area contributed by atoms with Gasteiger partial charge in [-0.2, -0.15) is 0 Å². The van der Waals surface area contributed by atoms with Gasteiger partial charge < -0.3 is 10.5 Å². The molecule has 2 nitrogen and oxygen atoms in total. The lowest BCUT2D eigenvalue weighted by atomic mass is 10.0. The maximum absolute atomic E-state index is 5.46. The Kier molecular flexibility index (Phi) is 5.78. The summed E-state index contributed by atoms with van der Waals surface area (Å²) in [5.74, 6) is 1.47. The minimum atomic E-state index is 0.527. The molecule has 0 aliphatic rings. The predicted molar refractivity (Wildman–Crippen MR) is 74.4 cm³/mol. The van der Waals surface area contributed by atoms with Crippen molar-refractivity contribution in [2.24, 2.45) is 5.73 Å². The molecule has 0 amide bonds. The first kappa shape index (κ1) is 13.8. The van der Waals surface area contributed by atoms with E-state index in [1.54, 1.807) is 7.11 Å². The summed E-state index contributed by atoms with van der Waals surface area (Å²) in [7, 11) is 1.72. The Morgan fingerprint density at radius 2 is 2.12 bits per heavy atom. The van der Waals surface area contributed by atoms with Crippen molar-refractivity contribution >= 4 is 6.08 Å². The minimum absolute atomic E-state index is 0.527. The van der Waals surface area contributed by atoms with Crippen LogP contribution in [0.4, 0.5) is 0 Å². The van der Waals surface area contributed by atoms with E-state index in [-0.39, 0.29) is 0 Å². The summed E-state index contributed by atoms with van der Waals surface area (Å²) in [4.78, 5) is 0. The van der Waals surface area contributed by atoms with Gasteiger partial charge in [0, 0.05) is 5.56 Å². The molecule has 0 aliphatic carbocycles. The van der Waals surface area contributed by atoms with Gasteiger partial charge in [-0.1, -0.05) is 38.1 Å². The Labute approximate surface area is 104 Å². The van der Waals surface area contributed by atoms with Crippen LogP contribution in [0, 0.1) is 0 Å². The van der Waals surface area contributed by atoms with Crippen LogP contribution >= 0.6 is 0 Å². The van der Waals surface area contributed by atoms with Crippen LogP contribution in [0.5, 0.6) is 5.75 Å². The van der Waals surface area contributed by atoms with Crippen molar-refractivity contribution in [2.45, 2.75) is 32.6 Å². The lowest BCUT2D eigenvalue weighted by Crippen LogP contribution is -1.96. The second-order valence-electron chi connectivity index (χ2n) is 4.49. The molecule has 0 fully saturated rings. The van der Waals surface area contributed by atoms with Crippen LogP contribution in [0.15, 0.2) is 24.3 Å². The van der Waals surface area contributed by atoms with Gasteiger partial charge in [-0.15, -0.1) is 0 Å². The number of unbranched alkanes of at least 4 members (excludes halogenated alkanes) is 1. The standard InChI is InChI=1S/C15H23NO/c1-12(2)14-9-8-13(15(11-14)17-3)7-5-4-6-10-16/h5,7-9,11-12H,4,6,10,16H2,1-3H3/b7-5+. The first-order valence-electron chi connectivity index (χ1n) is 6.23. The predicted octanol–water partition coefficient (Wildman–Crippen LogP) is 3.57. The number of nitrogens with two attached hydrogens (primary N) is 1. The van der Waals surface area contributed by atoms with E-state index in [9.17, 15) is 0 Å². The summed E-state index contributed by atoms with van der Waals surface area (Å²) in [5, 5.41) is 0. The Morgan fingerprint density at radius 3 is 2.71 bits per heavy atom. The van der Waals surface area contributed by atoms with Crippen molar-refractivity contribution in [3.8, 4) is 5.75 Å². The molecule has 1 aromatic carbocycles. The molecule has 2 N–H and O–H groups in total. The van der Waals surface area contributed by atoms with E-state index in [0.717, 1.165) is 30.7 Å². The van der Waals surface area contributed by atoms with Gasteiger partial charge in [-0.3, -0.25) is 0 Å². The van der Waals surface area contributed by atoms with E-state index in [0.29, 0.717) is 5.92 Å². The number of methoxy groups -OCH3 is 1. The van der Waals surface area contributed by atoms with Crippen LogP contribution in [0.25, 0.3) is 6.08 Å². The summed E-state index contributed by atoms with van der Waals surface area (Å²) in [6.45, 7) is 5.12. The van der Waals surface area contributed by atoms with Gasteiger partial charge in [0.25, 0.3) is 0 Å². The molecule has 0 saturated carbocycles. The SMILES string of the molecule is COc1cc(C(C)C)ccc1/C=C/CCCN. The molecule has 0 heterocycles. The second-order valence-corrected chi connectivity index (χ2v) is 4.49. The fourth-order valence-electron chi connectivity index (χ4n) is 1.67. The maximum atomic E-state index is 5.46. The minimum Gasteiger partial charge on any atom is -0.496 e. The summed E-state index contributed by atoms with van der Waals surface area (Å²) < 4.78 is 5.42. The molecule has 17 heavy (non-hydrogen) atoms. The first-order chi connectivity index (χ1) is 8.19. The van der Waals surface area contributed by atoms with Gasteiger partial charge in [0.15, 0.2) is 0 Å². The van der Waals surface area contributed by atoms with E-state index >= 15 is 0 Å². The Morgan fingerprint density at radius 1 is 1.35 bits per heavy atom. The van der Waals surface area contributed by atoms with Gasteiger partial charge in [0.05, 0.1) is 7.11 Å². The molecule has 94 valence electrons. The molecular weight excluding hydrogens is 210 g/mol. The average molecular weight is 233 g/mol. The van der Waals surface area contributed by atoms with Crippen LogP contribution in [-0.2, 0) is 0 Å². The van der Waals surface area contributed by atoms with Gasteiger partial charge >= 0.3 is 0 Å². The van der Waals surface area contributed by atoms with Crippen molar-refractivity contribution < 1.29 is 4.74 Å². The quantitative estimate of drug-likeness (QED) is 0.762. The third kappa shape index (κ3) is 4.23. The summed E-state index contributed by atoms with van der Waals surface area (Å²) in [6, 6.07) is 6.40. The van der Waals surface area contributed by atoms with E-state index < -0.39 is 0 Å². The van der Waals surface area contributed by atoms with E-state index in [1.165, 1.54) is 5.56 Å². The van der Waals surface area contributed by atoms with Gasteiger partial charge in [0.2, 0.25) is 0 Å². The van der Waals surface area contributed by atoms with Crippen LogP contribution in [0.2, 0.25) is 0 Å². The highest BCUT2D eigenvalue weighted by Gasteiger charge is 2.04. The third-order valence-corrected chi connectivity index (χ3v) is 2.80. The summed E-state index contributed by atoms with van der Waals surface area (Å²) in [5.41, 5.74) is 7.90. The molecular formula is C15H23NO. The molecule has 0 bridgehead atoms. The normalized spacial score (nSPS) is 11.4. The molecule has 2 heteroatoms. The number of rotatable bonds is 6. The highest BCUT2D eigenvalue weighted by molar-refractivity contribution is 5.58. The highest BCUT2D eigenvalue weighted by Crippen LogP contribution is 2.25. The lowest BCUT2D eigenvalue weighted by molar-refractivity contribution is 0.413.